The molecular weight excluding hydrogens is 1670 g/mol. The third-order valence-electron chi connectivity index (χ3n) is 22.2. The van der Waals surface area contributed by atoms with E-state index in [1.165, 1.54) is 102 Å². The van der Waals surface area contributed by atoms with Gasteiger partial charge in [0.05, 0.1) is 74.8 Å². The number of amides is 18. The van der Waals surface area contributed by atoms with Crippen molar-refractivity contribution in [2.24, 2.45) is 0 Å². The third-order valence-corrected chi connectivity index (χ3v) is 22.2. The Bertz CT molecular complexity index is 5280. The zero-order chi connectivity index (χ0) is 92.4. The van der Waals surface area contributed by atoms with E-state index in [1.807, 2.05) is 0 Å². The fraction of sp³-hybridized carbons (Fsp3) is 0.382. The van der Waals surface area contributed by atoms with E-state index < -0.39 is 267 Å². The summed E-state index contributed by atoms with van der Waals surface area (Å²) in [6.45, 7) is 12.8. The van der Waals surface area contributed by atoms with Crippen molar-refractivity contribution < 1.29 is 129 Å². The maximum atomic E-state index is 15.1. The SMILES string of the molecule is C[C@@H]1OC(=O)N(C(=O)C[C@H](NC(=O)[C@H]2[C@H](C)OC(=O)N2C(=O)C[C@H](NC(=O)[C@H]2[C@H](C)OC(=O)N2C(=O)C[C@H](NC(=O)[C@H]2[C@H](C)OC(=O)N2C(=O)C[C@H](NC(=O)[C@H]2[C@H](C)OC(=O)N2C(=O)C[C@H](NC(=O)[C@H]2[C@H](C)OC(=O)N2C(=O)C[C@H](NC(=O)OC(C)(C)C)c2ccccc2)c2ccccc2)c2ccccc2)c2ccccc2)c2ccccc2)c2ccccc2)[C@H]1C(=O)O. The molecule has 6 heterocycles. The Kier molecular flexibility index (Phi) is 28.5. The van der Waals surface area contributed by atoms with E-state index in [4.69, 9.17) is 33.2 Å². The van der Waals surface area contributed by atoms with E-state index in [2.05, 4.69) is 31.9 Å². The van der Waals surface area contributed by atoms with Gasteiger partial charge in [0.25, 0.3) is 0 Å². The van der Waals surface area contributed by atoms with Gasteiger partial charge in [0, 0.05) is 0 Å². The van der Waals surface area contributed by atoms with Crippen molar-refractivity contribution in [3.05, 3.63) is 215 Å². The Labute approximate surface area is 732 Å². The molecule has 0 aromatic heterocycles. The number of aliphatic carboxylic acids is 1. The van der Waals surface area contributed by atoms with E-state index in [1.54, 1.807) is 142 Å². The summed E-state index contributed by atoms with van der Waals surface area (Å²) in [4.78, 5) is 273. The first-order chi connectivity index (χ1) is 60.9. The lowest BCUT2D eigenvalue weighted by Crippen LogP contribution is -2.54. The van der Waals surface area contributed by atoms with Crippen LogP contribution in [0.2, 0.25) is 0 Å². The van der Waals surface area contributed by atoms with Crippen molar-refractivity contribution in [1.82, 2.24) is 61.3 Å². The van der Waals surface area contributed by atoms with Crippen molar-refractivity contribution in [1.29, 1.82) is 0 Å². The van der Waals surface area contributed by atoms with Crippen molar-refractivity contribution in [2.75, 3.05) is 0 Å². The molecule has 18 amide bonds. The van der Waals surface area contributed by atoms with Gasteiger partial charge in [0.1, 0.15) is 42.2 Å². The molecule has 6 aliphatic rings. The Morgan fingerprint density at radius 2 is 0.438 bits per heavy atom. The predicted octanol–water partition coefficient (Wildman–Crippen LogP) is 7.38. The maximum absolute atomic E-state index is 15.1. The van der Waals surface area contributed by atoms with Crippen LogP contribution in [0.3, 0.4) is 0 Å². The van der Waals surface area contributed by atoms with Crippen LogP contribution in [0.5, 0.6) is 0 Å². The standard InChI is InChI=1S/C89H94N12O27/c1-46-70(96(83(116)122-46)64(102)41-59(53-30-18-11-19-31-53)91-78(110)72-48(3)124-85(118)98(72)66(104)43-61(55-34-22-13-23-35-55)93-80(112)74-50(5)126-87(120)100(74)68(106)45-63(57-38-26-15-27-39-57)95-82(115)128-89(7,8)9)76(108)90-58(52-28-16-10-17-29-52)40-65(103)97-71(47(2)123-84(97)117)77(109)92-60(54-32-20-12-21-33-54)42-67(105)99-73(49(4)125-86(99)119)79(111)94-62(56-36-24-14-25-37-56)44-69(107)101-75(81(113)114)51(6)127-88(101)121/h10-39,46-51,58-63,70-75H,40-45H2,1-9H3,(H,90,108)(H,91,110)(H,92,109)(H,93,112)(H,94,111)(H,95,115)(H,113,114)/t46-,47-,48-,49-,50-,51-,58-,59-,60-,61-,62-,63-,70+,71+,72+,73+,74+,75+/m0/s1. The van der Waals surface area contributed by atoms with Gasteiger partial charge >= 0.3 is 48.6 Å². The van der Waals surface area contributed by atoms with Crippen LogP contribution in [0.15, 0.2) is 182 Å². The average molecular weight is 1760 g/mol. The van der Waals surface area contributed by atoms with Gasteiger partial charge in [0.2, 0.25) is 65.0 Å². The smallest absolute Gasteiger partial charge is 0.417 e. The molecule has 672 valence electrons. The molecule has 0 radical (unpaired) electrons. The molecular formula is C89H94N12O27. The minimum Gasteiger partial charge on any atom is -0.480 e. The van der Waals surface area contributed by atoms with Crippen LogP contribution in [0, 0.1) is 0 Å². The first-order valence-corrected chi connectivity index (χ1v) is 41.1. The maximum Gasteiger partial charge on any atom is 0.417 e. The van der Waals surface area contributed by atoms with Gasteiger partial charge in [0.15, 0.2) is 36.3 Å². The Balaban J connectivity index is 0.726. The van der Waals surface area contributed by atoms with Crippen molar-refractivity contribution in [2.45, 2.75) is 216 Å². The summed E-state index contributed by atoms with van der Waals surface area (Å²) in [6.07, 6.45) is -21.1. The normalized spacial score (nSPS) is 23.2. The predicted molar refractivity (Wildman–Crippen MR) is 440 cm³/mol. The van der Waals surface area contributed by atoms with Crippen LogP contribution >= 0.6 is 0 Å². The van der Waals surface area contributed by atoms with E-state index >= 15 is 19.2 Å². The molecule has 6 saturated heterocycles. The number of nitrogens with one attached hydrogen (secondary N) is 6. The summed E-state index contributed by atoms with van der Waals surface area (Å²) in [6, 6.07) is 28.5. The molecule has 39 heteroatoms. The van der Waals surface area contributed by atoms with Crippen molar-refractivity contribution in [3.63, 3.8) is 0 Å². The second kappa shape index (κ2) is 39.5. The van der Waals surface area contributed by atoms with Gasteiger partial charge in [-0.15, -0.1) is 0 Å². The first-order valence-electron chi connectivity index (χ1n) is 41.1. The Morgan fingerprint density at radius 1 is 0.281 bits per heavy atom. The van der Waals surface area contributed by atoms with Crippen LogP contribution < -0.4 is 31.9 Å². The molecule has 0 saturated carbocycles. The molecule has 128 heavy (non-hydrogen) atoms. The largest absolute Gasteiger partial charge is 0.480 e. The fourth-order valence-corrected chi connectivity index (χ4v) is 16.1. The molecule has 6 aliphatic heterocycles. The summed E-state index contributed by atoms with van der Waals surface area (Å²) in [5, 5.41) is 26.1. The first kappa shape index (κ1) is 92.2. The molecule has 0 unspecified atom stereocenters. The number of nitrogens with zero attached hydrogens (tertiary/aromatic N) is 6. The second-order valence-electron chi connectivity index (χ2n) is 32.3. The quantitative estimate of drug-likeness (QED) is 0.0216. The number of carbonyl (C=O) groups excluding carboxylic acids is 18. The number of hydrogen-bond acceptors (Lipinski definition) is 26. The van der Waals surface area contributed by atoms with Crippen LogP contribution in [0.4, 0.5) is 33.6 Å². The number of imide groups is 6. The Morgan fingerprint density at radius 3 is 0.602 bits per heavy atom. The highest BCUT2D eigenvalue weighted by Crippen LogP contribution is 2.36. The molecule has 6 aromatic rings. The molecule has 0 spiro atoms. The molecule has 6 aromatic carbocycles. The molecule has 7 N–H and O–H groups in total. The van der Waals surface area contributed by atoms with E-state index in [0.717, 1.165) is 0 Å². The molecule has 0 aliphatic carbocycles. The molecule has 18 atom stereocenters. The van der Waals surface area contributed by atoms with E-state index in [-0.39, 0.29) is 27.8 Å². The van der Waals surface area contributed by atoms with E-state index in [9.17, 15) is 77.0 Å². The van der Waals surface area contributed by atoms with Crippen LogP contribution in [0.25, 0.3) is 0 Å². The number of rotatable bonds is 30. The minimum atomic E-state index is -1.84. The minimum absolute atomic E-state index is 0.216. The third kappa shape index (κ3) is 20.8. The highest BCUT2D eigenvalue weighted by molar-refractivity contribution is 6.06. The van der Waals surface area contributed by atoms with Gasteiger partial charge in [-0.1, -0.05) is 182 Å². The monoisotopic (exact) mass is 1760 g/mol. The zero-order valence-electron chi connectivity index (χ0n) is 70.7. The topological polar surface area (TPSA) is 501 Å². The van der Waals surface area contributed by atoms with Crippen LogP contribution in [-0.4, -0.2) is 227 Å². The lowest BCUT2D eigenvalue weighted by Gasteiger charge is -2.29. The number of alkyl carbamates (subject to hydrolysis) is 1. The van der Waals surface area contributed by atoms with Gasteiger partial charge in [-0.2, -0.15) is 0 Å². The summed E-state index contributed by atoms with van der Waals surface area (Å²) in [5.74, 6) is -13.3. The van der Waals surface area contributed by atoms with Crippen molar-refractivity contribution >= 4 is 114 Å². The number of carbonyl (C=O) groups is 19. The summed E-state index contributed by atoms with van der Waals surface area (Å²) in [5.41, 5.74) is 0.760. The fourth-order valence-electron chi connectivity index (χ4n) is 16.1. The van der Waals surface area contributed by atoms with Crippen LogP contribution in [0.1, 0.15) is 170 Å². The lowest BCUT2D eigenvalue weighted by atomic mass is 9.99. The number of cyclic esters (lactones) is 6. The number of carboxylic acids is 1. The lowest BCUT2D eigenvalue weighted by molar-refractivity contribution is -0.147. The number of ether oxygens (including phenoxy) is 7. The van der Waals surface area contributed by atoms with Gasteiger partial charge < -0.3 is 70.2 Å². The van der Waals surface area contributed by atoms with Gasteiger partial charge in [-0.25, -0.2) is 67.8 Å². The molecule has 39 nitrogen and oxygen atoms in total. The highest BCUT2D eigenvalue weighted by Gasteiger charge is 2.56. The summed E-state index contributed by atoms with van der Waals surface area (Å²) in [7, 11) is 0. The second-order valence-corrected chi connectivity index (χ2v) is 32.3. The molecule has 6 fully saturated rings. The van der Waals surface area contributed by atoms with E-state index in [0.29, 0.717) is 35.0 Å². The van der Waals surface area contributed by atoms with Crippen LogP contribution in [-0.2, 0) is 90.7 Å². The zero-order valence-corrected chi connectivity index (χ0v) is 70.7. The molecule has 12 rings (SSSR count). The average Bonchev–Trinajstić information content (AvgIpc) is 1.64. The Hall–Kier alpha value is -15.0. The number of benzene rings is 6. The molecule has 0 bridgehead atoms. The van der Waals surface area contributed by atoms with Crippen molar-refractivity contribution in [3.8, 4) is 0 Å². The summed E-state index contributed by atoms with van der Waals surface area (Å²) < 4.78 is 37.9. The van der Waals surface area contributed by atoms with Gasteiger partial charge in [-0.3, -0.25) is 52.7 Å². The number of hydrogen-bond donors (Lipinski definition) is 7. The van der Waals surface area contributed by atoms with Gasteiger partial charge in [-0.05, 0) is 95.7 Å². The highest BCUT2D eigenvalue weighted by atomic mass is 16.6. The summed E-state index contributed by atoms with van der Waals surface area (Å²) >= 11 is 0. The number of carboxylic acid groups (broad SMARTS) is 1.